The molecule has 0 aliphatic carbocycles. The highest BCUT2D eigenvalue weighted by molar-refractivity contribution is 5.92. The predicted octanol–water partition coefficient (Wildman–Crippen LogP) is 1.88. The van der Waals surface area contributed by atoms with Crippen molar-refractivity contribution in [1.29, 1.82) is 0 Å². The third-order valence-electron chi connectivity index (χ3n) is 8.62. The Hall–Kier alpha value is -6.00. The summed E-state index contributed by atoms with van der Waals surface area (Å²) >= 11 is 0. The number of likely N-dealkylation sites (N-methyl/N-ethyl adjacent to an activating group) is 1. The van der Waals surface area contributed by atoms with Crippen molar-refractivity contribution in [3.63, 3.8) is 0 Å². The molecule has 2 aromatic carbocycles. The Labute approximate surface area is 325 Å². The number of nitrogens with one attached hydrogen (secondary N) is 6. The molecule has 0 aliphatic rings. The molecule has 17 heteroatoms. The highest BCUT2D eigenvalue weighted by Gasteiger charge is 2.28. The summed E-state index contributed by atoms with van der Waals surface area (Å²) in [5.74, 6) is -5.68. The van der Waals surface area contributed by atoms with Crippen molar-refractivity contribution in [3.05, 3.63) is 71.8 Å². The lowest BCUT2D eigenvalue weighted by Crippen LogP contribution is -2.55. The van der Waals surface area contributed by atoms with Gasteiger partial charge >= 0.3 is 23.9 Å². The smallest absolute Gasteiger partial charge is 0.326 e. The summed E-state index contributed by atoms with van der Waals surface area (Å²) in [4.78, 5) is 97.4. The van der Waals surface area contributed by atoms with Gasteiger partial charge in [0.2, 0.25) is 23.6 Å². The number of benzene rings is 2. The van der Waals surface area contributed by atoms with Crippen LogP contribution in [-0.2, 0) is 46.4 Å². The summed E-state index contributed by atoms with van der Waals surface area (Å²) in [5.41, 5.74) is 1.73. The fourth-order valence-electron chi connectivity index (χ4n) is 5.63. The molecule has 6 amide bonds. The summed E-state index contributed by atoms with van der Waals surface area (Å²) in [6.45, 7) is 2.52. The van der Waals surface area contributed by atoms with Crippen molar-refractivity contribution in [2.24, 2.45) is 0 Å². The first-order chi connectivity index (χ1) is 26.8. The van der Waals surface area contributed by atoms with Gasteiger partial charge in [-0.2, -0.15) is 0 Å². The van der Waals surface area contributed by atoms with E-state index in [1.165, 1.54) is 0 Å². The minimum atomic E-state index is -1.54. The lowest BCUT2D eigenvalue weighted by atomic mass is 10.0. The van der Waals surface area contributed by atoms with Crippen LogP contribution in [0.25, 0.3) is 0 Å². The van der Waals surface area contributed by atoms with Gasteiger partial charge < -0.3 is 47.2 Å². The number of amides is 6. The van der Waals surface area contributed by atoms with Crippen LogP contribution in [0.15, 0.2) is 60.7 Å². The van der Waals surface area contributed by atoms with Gasteiger partial charge in [0.25, 0.3) is 0 Å². The van der Waals surface area contributed by atoms with E-state index >= 15 is 0 Å². The normalized spacial score (nSPS) is 12.8. The molecule has 306 valence electrons. The van der Waals surface area contributed by atoms with E-state index in [0.717, 1.165) is 30.4 Å². The number of carbonyl (C=O) groups excluding carboxylic acids is 5. The SMILES string of the molecule is CCNC(=O)[C@H](Cc1ccccc1)NC(=O)[C@H](Cc1ccccc1)NC(=O)CCCCCCCNC(=O)CC[C@H](NC(=O)N[C@@H](CCC(=O)O)C(=O)O)C(=O)O. The van der Waals surface area contributed by atoms with Crippen LogP contribution in [0.2, 0.25) is 0 Å². The Kier molecular flexibility index (Phi) is 21.4. The van der Waals surface area contributed by atoms with E-state index < -0.39 is 72.8 Å². The lowest BCUT2D eigenvalue weighted by molar-refractivity contribution is -0.141. The number of hydrogen-bond donors (Lipinski definition) is 9. The minimum absolute atomic E-state index is 0.190. The number of aliphatic carboxylic acids is 3. The molecule has 17 nitrogen and oxygen atoms in total. The number of carboxylic acid groups (broad SMARTS) is 3. The van der Waals surface area contributed by atoms with Gasteiger partial charge in [0, 0.05) is 45.2 Å². The average Bonchev–Trinajstić information content (AvgIpc) is 3.16. The minimum Gasteiger partial charge on any atom is -0.481 e. The van der Waals surface area contributed by atoms with Crippen molar-refractivity contribution in [1.82, 2.24) is 31.9 Å². The quantitative estimate of drug-likeness (QED) is 0.0591. The average molecular weight is 783 g/mol. The highest BCUT2D eigenvalue weighted by atomic mass is 16.4. The molecule has 2 aromatic rings. The topological polar surface area (TPSA) is 269 Å². The first-order valence-corrected chi connectivity index (χ1v) is 18.7. The summed E-state index contributed by atoms with van der Waals surface area (Å²) in [7, 11) is 0. The number of hydrogen-bond acceptors (Lipinski definition) is 8. The first kappa shape index (κ1) is 46.2. The highest BCUT2D eigenvalue weighted by Crippen LogP contribution is 2.10. The molecule has 0 saturated carbocycles. The van der Waals surface area contributed by atoms with Crippen LogP contribution in [0, 0.1) is 0 Å². The second kappa shape index (κ2) is 25.9. The summed E-state index contributed by atoms with van der Waals surface area (Å²) in [5, 5.41) is 42.6. The number of rotatable bonds is 27. The fourth-order valence-corrected chi connectivity index (χ4v) is 5.63. The third kappa shape index (κ3) is 19.4. The Morgan fingerprint density at radius 3 is 1.54 bits per heavy atom. The summed E-state index contributed by atoms with van der Waals surface area (Å²) in [6, 6.07) is 12.7. The predicted molar refractivity (Wildman–Crippen MR) is 204 cm³/mol. The maximum Gasteiger partial charge on any atom is 0.326 e. The van der Waals surface area contributed by atoms with Gasteiger partial charge in [0.05, 0.1) is 0 Å². The number of unbranched alkanes of at least 4 members (excludes halogenated alkanes) is 4. The van der Waals surface area contributed by atoms with E-state index in [1.54, 1.807) is 6.92 Å². The third-order valence-corrected chi connectivity index (χ3v) is 8.62. The van der Waals surface area contributed by atoms with Crippen LogP contribution < -0.4 is 31.9 Å². The van der Waals surface area contributed by atoms with Gasteiger partial charge in [-0.05, 0) is 43.7 Å². The van der Waals surface area contributed by atoms with Crippen molar-refractivity contribution >= 4 is 47.6 Å². The largest absolute Gasteiger partial charge is 0.481 e. The van der Waals surface area contributed by atoms with Crippen LogP contribution in [0.1, 0.15) is 82.3 Å². The van der Waals surface area contributed by atoms with E-state index in [2.05, 4.69) is 26.6 Å². The van der Waals surface area contributed by atoms with Gasteiger partial charge in [0.15, 0.2) is 0 Å². The van der Waals surface area contributed by atoms with Gasteiger partial charge in [-0.1, -0.05) is 79.9 Å². The molecule has 56 heavy (non-hydrogen) atoms. The molecule has 0 aliphatic heterocycles. The molecular weight excluding hydrogens is 728 g/mol. The molecule has 0 aromatic heterocycles. The van der Waals surface area contributed by atoms with Crippen LogP contribution in [-0.4, -0.2) is 100 Å². The van der Waals surface area contributed by atoms with Crippen LogP contribution in [0.5, 0.6) is 0 Å². The van der Waals surface area contributed by atoms with E-state index in [0.29, 0.717) is 25.9 Å². The number of urea groups is 1. The molecule has 0 radical (unpaired) electrons. The van der Waals surface area contributed by atoms with Gasteiger partial charge in [-0.3, -0.25) is 24.0 Å². The maximum atomic E-state index is 13.5. The molecule has 0 bridgehead atoms. The Bertz CT molecular complexity index is 1590. The molecule has 0 spiro atoms. The standard InChI is InChI=1S/C39H54N6O11/c1-2-40-35(50)30(24-26-14-8-6-9-15-26)43-36(51)31(25-27-16-10-7-11-17-27)42-33(47)18-12-4-3-5-13-23-41-32(46)21-19-28(37(52)53)44-39(56)45-29(38(54)55)20-22-34(48)49/h6-11,14-17,28-31H,2-5,12-13,18-25H2,1H3,(H,40,50)(H,41,46)(H,42,47)(H,43,51)(H,48,49)(H,52,53)(H,54,55)(H2,44,45,56)/t28-,29-,30-,31-/m0/s1. The van der Waals surface area contributed by atoms with Crippen LogP contribution in [0.3, 0.4) is 0 Å². The molecule has 0 unspecified atom stereocenters. The van der Waals surface area contributed by atoms with Crippen molar-refractivity contribution in [2.45, 2.75) is 108 Å². The molecular formula is C39H54N6O11. The Balaban J connectivity index is 1.75. The molecule has 0 heterocycles. The van der Waals surface area contributed by atoms with Gasteiger partial charge in [-0.15, -0.1) is 0 Å². The number of carboxylic acids is 3. The number of carbonyl (C=O) groups is 8. The zero-order chi connectivity index (χ0) is 41.3. The molecule has 9 N–H and O–H groups in total. The van der Waals surface area contributed by atoms with Crippen LogP contribution >= 0.6 is 0 Å². The van der Waals surface area contributed by atoms with E-state index in [1.807, 2.05) is 66.0 Å². The summed E-state index contributed by atoms with van der Waals surface area (Å²) < 4.78 is 0. The van der Waals surface area contributed by atoms with Crippen LogP contribution in [0.4, 0.5) is 4.79 Å². The first-order valence-electron chi connectivity index (χ1n) is 18.7. The second-order valence-corrected chi connectivity index (χ2v) is 13.2. The fraction of sp³-hybridized carbons (Fsp3) is 0.487. The lowest BCUT2D eigenvalue weighted by Gasteiger charge is -2.23. The van der Waals surface area contributed by atoms with Crippen molar-refractivity contribution in [2.75, 3.05) is 13.1 Å². The van der Waals surface area contributed by atoms with E-state index in [9.17, 15) is 43.5 Å². The van der Waals surface area contributed by atoms with Gasteiger partial charge in [-0.25, -0.2) is 14.4 Å². The molecule has 2 rings (SSSR count). The molecule has 4 atom stereocenters. The molecule has 0 fully saturated rings. The Morgan fingerprint density at radius 1 is 0.518 bits per heavy atom. The zero-order valence-electron chi connectivity index (χ0n) is 31.6. The molecule has 0 saturated heterocycles. The Morgan fingerprint density at radius 2 is 1.02 bits per heavy atom. The monoisotopic (exact) mass is 782 g/mol. The van der Waals surface area contributed by atoms with Gasteiger partial charge in [0.1, 0.15) is 24.2 Å². The zero-order valence-corrected chi connectivity index (χ0v) is 31.6. The maximum absolute atomic E-state index is 13.5. The van der Waals surface area contributed by atoms with Crippen molar-refractivity contribution < 1.29 is 53.7 Å². The van der Waals surface area contributed by atoms with E-state index in [4.69, 9.17) is 10.2 Å². The van der Waals surface area contributed by atoms with E-state index in [-0.39, 0.29) is 43.9 Å². The summed E-state index contributed by atoms with van der Waals surface area (Å²) in [6.07, 6.45) is 2.74. The van der Waals surface area contributed by atoms with Crippen molar-refractivity contribution in [3.8, 4) is 0 Å². The second-order valence-electron chi connectivity index (χ2n) is 13.2.